The van der Waals surface area contributed by atoms with Crippen LogP contribution in [0, 0.1) is 0 Å². The monoisotopic (exact) mass is 722 g/mol. The van der Waals surface area contributed by atoms with Crippen molar-refractivity contribution in [3.05, 3.63) is 57.6 Å². The molecule has 2 aromatic carbocycles. The molecular weight excluding hydrogens is 650 g/mol. The minimum absolute atomic E-state index is 0.180. The first-order chi connectivity index (χ1) is 24.7. The van der Waals surface area contributed by atoms with Crippen molar-refractivity contribution in [2.45, 2.75) is 188 Å². The molecule has 1 saturated heterocycles. The molecule has 1 fully saturated rings. The maximum Gasteiger partial charge on any atom is 0.306 e. The van der Waals surface area contributed by atoms with Crippen LogP contribution in [0.4, 0.5) is 0 Å². The highest BCUT2D eigenvalue weighted by molar-refractivity contribution is 5.70. The molecule has 1 aliphatic heterocycles. The third kappa shape index (κ3) is 13.1. The number of carbonyl (C=O) groups excluding carboxylic acids is 2. The van der Waals surface area contributed by atoms with E-state index in [-0.39, 0.29) is 29.1 Å². The molecule has 0 saturated carbocycles. The van der Waals surface area contributed by atoms with Crippen LogP contribution in [-0.4, -0.2) is 57.4 Å². The highest BCUT2D eigenvalue weighted by Gasteiger charge is 2.46. The Labute approximate surface area is 315 Å². The van der Waals surface area contributed by atoms with Gasteiger partial charge in [-0.1, -0.05) is 77.6 Å². The Kier molecular flexibility index (Phi) is 17.5. The molecule has 1 aliphatic rings. The van der Waals surface area contributed by atoms with Crippen LogP contribution in [0.15, 0.2) is 24.3 Å². The number of phenolic OH excluding ortho intramolecular Hbond substituents is 2. The number of esters is 2. The Morgan fingerprint density at radius 2 is 1.00 bits per heavy atom. The van der Waals surface area contributed by atoms with Gasteiger partial charge in [-0.2, -0.15) is 0 Å². The molecule has 0 radical (unpaired) electrons. The molecule has 0 aromatic heterocycles. The predicted octanol–water partition coefficient (Wildman–Crippen LogP) is 10.1. The SMILES string of the molecule is CCCCc1cc(CCC(=O)OCCN2C(C)(C)CC(OC(=O)CCc3cc(CCCC)c(O)c(CCCC)c3)CC2(C)C)cc(CCCC)c1O. The Hall–Kier alpha value is -3.06. The number of carbonyl (C=O) groups is 2. The molecule has 52 heavy (non-hydrogen) atoms. The fraction of sp³-hybridized carbons (Fsp3) is 0.689. The maximum atomic E-state index is 13.2. The number of likely N-dealkylation sites (tertiary alicyclic amines) is 1. The molecule has 292 valence electrons. The zero-order chi connectivity index (χ0) is 38.3. The molecule has 0 unspecified atom stereocenters. The quantitative estimate of drug-likeness (QED) is 0.117. The van der Waals surface area contributed by atoms with Crippen molar-refractivity contribution in [1.29, 1.82) is 0 Å². The van der Waals surface area contributed by atoms with Crippen LogP contribution in [0.5, 0.6) is 11.5 Å². The van der Waals surface area contributed by atoms with E-state index in [0.717, 1.165) is 110 Å². The summed E-state index contributed by atoms with van der Waals surface area (Å²) >= 11 is 0. The Balaban J connectivity index is 1.53. The van der Waals surface area contributed by atoms with Crippen LogP contribution in [0.3, 0.4) is 0 Å². The van der Waals surface area contributed by atoms with Gasteiger partial charge in [0.1, 0.15) is 24.2 Å². The van der Waals surface area contributed by atoms with Crippen molar-refractivity contribution in [3.63, 3.8) is 0 Å². The minimum atomic E-state index is -0.256. The normalized spacial score (nSPS) is 15.8. The van der Waals surface area contributed by atoms with E-state index in [4.69, 9.17) is 9.47 Å². The molecule has 0 bridgehead atoms. The Morgan fingerprint density at radius 1 is 0.635 bits per heavy atom. The van der Waals surface area contributed by atoms with Gasteiger partial charge in [-0.3, -0.25) is 14.5 Å². The molecule has 0 amide bonds. The van der Waals surface area contributed by atoms with Crippen molar-refractivity contribution in [3.8, 4) is 11.5 Å². The highest BCUT2D eigenvalue weighted by atomic mass is 16.5. The first-order valence-corrected chi connectivity index (χ1v) is 20.5. The lowest BCUT2D eigenvalue weighted by Crippen LogP contribution is -2.63. The van der Waals surface area contributed by atoms with Crippen LogP contribution in [0.2, 0.25) is 0 Å². The van der Waals surface area contributed by atoms with Crippen molar-refractivity contribution in [2.24, 2.45) is 0 Å². The lowest BCUT2D eigenvalue weighted by Gasteiger charge is -2.54. The second-order valence-corrected chi connectivity index (χ2v) is 16.5. The average molecular weight is 722 g/mol. The number of benzene rings is 2. The van der Waals surface area contributed by atoms with Gasteiger partial charge in [0.05, 0.1) is 0 Å². The summed E-state index contributed by atoms with van der Waals surface area (Å²) in [7, 11) is 0. The fourth-order valence-corrected chi connectivity index (χ4v) is 8.16. The number of aromatic hydroxyl groups is 2. The molecule has 3 rings (SSSR count). The summed E-state index contributed by atoms with van der Waals surface area (Å²) < 4.78 is 11.9. The van der Waals surface area contributed by atoms with Gasteiger partial charge in [-0.05, 0) is 125 Å². The number of piperidine rings is 1. The second-order valence-electron chi connectivity index (χ2n) is 16.5. The minimum Gasteiger partial charge on any atom is -0.507 e. The van der Waals surface area contributed by atoms with E-state index in [1.807, 2.05) is 0 Å². The summed E-state index contributed by atoms with van der Waals surface area (Å²) in [5.41, 5.74) is 5.62. The van der Waals surface area contributed by atoms with E-state index in [1.54, 1.807) is 0 Å². The summed E-state index contributed by atoms with van der Waals surface area (Å²) in [5.74, 6) is 0.474. The number of phenols is 2. The van der Waals surface area contributed by atoms with Crippen molar-refractivity contribution < 1.29 is 29.3 Å². The number of ether oxygens (including phenoxy) is 2. The zero-order valence-electron chi connectivity index (χ0n) is 34.0. The first-order valence-electron chi connectivity index (χ1n) is 20.5. The van der Waals surface area contributed by atoms with Crippen LogP contribution in [0.1, 0.15) is 166 Å². The first kappa shape index (κ1) is 43.3. The number of hydrogen-bond acceptors (Lipinski definition) is 7. The van der Waals surface area contributed by atoms with E-state index in [2.05, 4.69) is 84.6 Å². The van der Waals surface area contributed by atoms with Gasteiger partial charge in [0, 0.05) is 43.3 Å². The highest BCUT2D eigenvalue weighted by Crippen LogP contribution is 2.39. The van der Waals surface area contributed by atoms with Crippen molar-refractivity contribution in [1.82, 2.24) is 4.90 Å². The number of unbranched alkanes of at least 4 members (excludes halogenated alkanes) is 4. The van der Waals surface area contributed by atoms with Gasteiger partial charge < -0.3 is 19.7 Å². The lowest BCUT2D eigenvalue weighted by molar-refractivity contribution is -0.163. The summed E-state index contributed by atoms with van der Waals surface area (Å²) in [6.07, 6.45) is 14.8. The topological polar surface area (TPSA) is 96.3 Å². The molecule has 0 aliphatic carbocycles. The summed E-state index contributed by atoms with van der Waals surface area (Å²) in [5, 5.41) is 21.7. The maximum absolute atomic E-state index is 13.2. The van der Waals surface area contributed by atoms with Crippen LogP contribution >= 0.6 is 0 Å². The van der Waals surface area contributed by atoms with Gasteiger partial charge in [-0.15, -0.1) is 0 Å². The van der Waals surface area contributed by atoms with Crippen molar-refractivity contribution in [2.75, 3.05) is 13.2 Å². The molecule has 7 nitrogen and oxygen atoms in total. The van der Waals surface area contributed by atoms with Crippen LogP contribution < -0.4 is 0 Å². The van der Waals surface area contributed by atoms with Gasteiger partial charge in [-0.25, -0.2) is 0 Å². The van der Waals surface area contributed by atoms with Gasteiger partial charge >= 0.3 is 11.9 Å². The summed E-state index contributed by atoms with van der Waals surface area (Å²) in [6, 6.07) is 8.29. The number of nitrogens with zero attached hydrogens (tertiary/aromatic N) is 1. The zero-order valence-corrected chi connectivity index (χ0v) is 34.0. The van der Waals surface area contributed by atoms with E-state index < -0.39 is 0 Å². The second kappa shape index (κ2) is 21.0. The summed E-state index contributed by atoms with van der Waals surface area (Å²) in [4.78, 5) is 28.4. The van der Waals surface area contributed by atoms with E-state index in [9.17, 15) is 19.8 Å². The predicted molar refractivity (Wildman–Crippen MR) is 212 cm³/mol. The fourth-order valence-electron chi connectivity index (χ4n) is 8.16. The number of rotatable bonds is 22. The Morgan fingerprint density at radius 3 is 1.37 bits per heavy atom. The lowest BCUT2D eigenvalue weighted by atomic mass is 9.78. The number of hydrogen-bond donors (Lipinski definition) is 2. The third-order valence-corrected chi connectivity index (χ3v) is 10.9. The third-order valence-electron chi connectivity index (χ3n) is 10.9. The number of aryl methyl sites for hydroxylation is 6. The molecule has 7 heteroatoms. The standard InChI is InChI=1S/C45H71NO6/c1-9-13-17-35-27-33(28-36(42(35)49)18-14-10-2)21-23-40(47)51-26-25-46-44(5,6)31-39(32-45(46,7)8)52-41(48)24-22-34-29-37(19-15-11-3)43(50)38(30-34)20-16-12-4/h27-30,39,49-50H,9-26,31-32H2,1-8H3. The van der Waals surface area contributed by atoms with E-state index in [1.165, 1.54) is 0 Å². The molecule has 0 atom stereocenters. The smallest absolute Gasteiger partial charge is 0.306 e. The largest absolute Gasteiger partial charge is 0.507 e. The average Bonchev–Trinajstić information content (AvgIpc) is 3.09. The Bertz CT molecular complexity index is 1350. The van der Waals surface area contributed by atoms with Crippen LogP contribution in [-0.2, 0) is 57.6 Å². The molecule has 0 spiro atoms. The van der Waals surface area contributed by atoms with Crippen LogP contribution in [0.25, 0.3) is 0 Å². The van der Waals surface area contributed by atoms with Gasteiger partial charge in [0.15, 0.2) is 0 Å². The summed E-state index contributed by atoms with van der Waals surface area (Å²) in [6.45, 7) is 18.3. The molecule has 2 aromatic rings. The van der Waals surface area contributed by atoms with E-state index >= 15 is 0 Å². The van der Waals surface area contributed by atoms with Crippen molar-refractivity contribution >= 4 is 11.9 Å². The van der Waals surface area contributed by atoms with E-state index in [0.29, 0.717) is 63.2 Å². The molecule has 1 heterocycles. The van der Waals surface area contributed by atoms with Gasteiger partial charge in [0.2, 0.25) is 0 Å². The molecule has 2 N–H and O–H groups in total. The van der Waals surface area contributed by atoms with Gasteiger partial charge in [0.25, 0.3) is 0 Å². The molecular formula is C45H71NO6.